The number of allylic oxidation sites excluding steroid dienone is 1. The molecule has 1 atom stereocenters. The van der Waals surface area contributed by atoms with Gasteiger partial charge in [0.05, 0.1) is 5.83 Å². The van der Waals surface area contributed by atoms with E-state index in [1.165, 1.54) is 24.6 Å². The first-order valence-electron chi connectivity index (χ1n) is 9.99. The normalized spacial score (nSPS) is 12.1. The summed E-state index contributed by atoms with van der Waals surface area (Å²) in [5, 5.41) is 0. The molecule has 3 aromatic rings. The highest BCUT2D eigenvalue weighted by molar-refractivity contribution is 5.65. The van der Waals surface area contributed by atoms with Crippen LogP contribution < -0.4 is 0 Å². The second kappa shape index (κ2) is 9.84. The average Bonchev–Trinajstić information content (AvgIpc) is 3.06. The molecular weight excluding hydrogens is 383 g/mol. The first kappa shape index (κ1) is 23.5. The van der Waals surface area contributed by atoms with Gasteiger partial charge in [-0.15, -0.1) is 0 Å². The van der Waals surface area contributed by atoms with Crippen molar-refractivity contribution in [2.45, 2.75) is 47.1 Å². The molecule has 1 aromatic heterocycles. The van der Waals surface area contributed by atoms with Crippen LogP contribution in [0.25, 0.3) is 11.1 Å². The van der Waals surface area contributed by atoms with Gasteiger partial charge in [0.15, 0.2) is 0 Å². The van der Waals surface area contributed by atoms with E-state index in [9.17, 15) is 13.2 Å². The predicted octanol–water partition coefficient (Wildman–Crippen LogP) is 8.12. The van der Waals surface area contributed by atoms with Crippen molar-refractivity contribution in [1.29, 1.82) is 0 Å². The molecule has 0 aliphatic rings. The lowest BCUT2D eigenvalue weighted by atomic mass is 9.80. The Hall–Kier alpha value is -2.75. The number of halogens is 3. The summed E-state index contributed by atoms with van der Waals surface area (Å²) < 4.78 is 40.9. The topological polar surface area (TPSA) is 4.93 Å². The van der Waals surface area contributed by atoms with Crippen LogP contribution in [0.2, 0.25) is 0 Å². The summed E-state index contributed by atoms with van der Waals surface area (Å²) in [6.45, 7) is 13.7. The molecule has 0 N–H and O–H groups in total. The number of hydrogen-bond donors (Lipinski definition) is 0. The van der Waals surface area contributed by atoms with Crippen molar-refractivity contribution in [2.24, 2.45) is 5.41 Å². The van der Waals surface area contributed by atoms with Gasteiger partial charge in [-0.05, 0) is 42.2 Å². The Morgan fingerprint density at radius 3 is 2.20 bits per heavy atom. The molecule has 1 nitrogen and oxygen atoms in total. The maximum absolute atomic E-state index is 14.3. The number of aromatic nitrogens is 1. The number of rotatable bonds is 4. The van der Waals surface area contributed by atoms with Crippen LogP contribution in [0.1, 0.15) is 51.8 Å². The monoisotopic (exact) mass is 413 g/mol. The number of hydrogen-bond acceptors (Lipinski definition) is 0. The zero-order valence-electron chi connectivity index (χ0n) is 18.3. The predicted molar refractivity (Wildman–Crippen MR) is 119 cm³/mol. The minimum Gasteiger partial charge on any atom is -0.346 e. The van der Waals surface area contributed by atoms with Crippen LogP contribution >= 0.6 is 0 Å². The Bertz CT molecular complexity index is 977. The molecule has 160 valence electrons. The maximum Gasteiger partial charge on any atom is 0.131 e. The highest BCUT2D eigenvalue weighted by Gasteiger charge is 2.25. The van der Waals surface area contributed by atoms with Gasteiger partial charge in [0, 0.05) is 35.5 Å². The van der Waals surface area contributed by atoms with Crippen LogP contribution in [0.4, 0.5) is 13.2 Å². The number of nitrogens with zero attached hydrogens (tertiary/aromatic N) is 1. The second-order valence-electron chi connectivity index (χ2n) is 8.66. The van der Waals surface area contributed by atoms with Gasteiger partial charge < -0.3 is 4.57 Å². The molecule has 0 aliphatic carbocycles. The summed E-state index contributed by atoms with van der Waals surface area (Å²) in [5.41, 5.74) is 3.38. The molecule has 0 spiro atoms. The summed E-state index contributed by atoms with van der Waals surface area (Å²) in [6, 6.07) is 15.8. The summed E-state index contributed by atoms with van der Waals surface area (Å²) in [4.78, 5) is 0. The third kappa shape index (κ3) is 6.38. The molecule has 0 radical (unpaired) electrons. The zero-order chi connectivity index (χ0) is 22.5. The van der Waals surface area contributed by atoms with E-state index in [2.05, 4.69) is 51.0 Å². The van der Waals surface area contributed by atoms with E-state index in [4.69, 9.17) is 0 Å². The first-order valence-corrected chi connectivity index (χ1v) is 9.99. The van der Waals surface area contributed by atoms with Crippen molar-refractivity contribution in [1.82, 2.24) is 4.57 Å². The maximum atomic E-state index is 14.3. The fourth-order valence-corrected chi connectivity index (χ4v) is 3.12. The largest absolute Gasteiger partial charge is 0.346 e. The fourth-order valence-electron chi connectivity index (χ4n) is 3.12. The Labute approximate surface area is 177 Å². The molecule has 0 saturated heterocycles. The quantitative estimate of drug-likeness (QED) is 0.407. The Morgan fingerprint density at radius 1 is 1.03 bits per heavy atom. The molecule has 0 aliphatic heterocycles. The average molecular weight is 414 g/mol. The van der Waals surface area contributed by atoms with Crippen LogP contribution in [0.3, 0.4) is 0 Å². The van der Waals surface area contributed by atoms with E-state index >= 15 is 0 Å². The van der Waals surface area contributed by atoms with Crippen molar-refractivity contribution in [3.63, 3.8) is 0 Å². The molecule has 1 heterocycles. The van der Waals surface area contributed by atoms with E-state index in [-0.39, 0.29) is 17.2 Å². The van der Waals surface area contributed by atoms with Crippen molar-refractivity contribution < 1.29 is 13.2 Å². The van der Waals surface area contributed by atoms with E-state index in [1.807, 2.05) is 30.5 Å². The van der Waals surface area contributed by atoms with Crippen LogP contribution in [0, 0.1) is 17.0 Å². The van der Waals surface area contributed by atoms with Gasteiger partial charge in [0.25, 0.3) is 0 Å². The van der Waals surface area contributed by atoms with Crippen molar-refractivity contribution in [2.75, 3.05) is 0 Å². The summed E-state index contributed by atoms with van der Waals surface area (Å²) in [5.74, 6) is -0.905. The standard InChI is InChI=1S/C23H25F2N.C3H5F/c1-16(23(2,3)4)22-12-18(20-13-19(24)10-11-21(20)25)15-26(22)14-17-8-6-5-7-9-17;1-3(2)4/h5-13,15-16H,14H2,1-4H3;1H2,2H3/t16-;/m0./s1. The Morgan fingerprint density at radius 2 is 1.63 bits per heavy atom. The van der Waals surface area contributed by atoms with Crippen molar-refractivity contribution in [3.05, 3.63) is 96.1 Å². The minimum absolute atomic E-state index is 0.0601. The molecule has 2 aromatic carbocycles. The minimum atomic E-state index is -0.428. The molecule has 0 amide bonds. The summed E-state index contributed by atoms with van der Waals surface area (Å²) >= 11 is 0. The van der Waals surface area contributed by atoms with Gasteiger partial charge in [-0.25, -0.2) is 13.2 Å². The van der Waals surface area contributed by atoms with Crippen molar-refractivity contribution >= 4 is 0 Å². The third-order valence-electron chi connectivity index (χ3n) is 5.11. The van der Waals surface area contributed by atoms with Gasteiger partial charge in [-0.1, -0.05) is 64.6 Å². The van der Waals surface area contributed by atoms with Crippen LogP contribution in [-0.2, 0) is 6.54 Å². The second-order valence-corrected chi connectivity index (χ2v) is 8.66. The number of benzene rings is 2. The van der Waals surface area contributed by atoms with E-state index in [1.54, 1.807) is 0 Å². The lowest BCUT2D eigenvalue weighted by Gasteiger charge is -2.28. The fraction of sp³-hybridized carbons (Fsp3) is 0.308. The van der Waals surface area contributed by atoms with Gasteiger partial charge in [-0.3, -0.25) is 0 Å². The van der Waals surface area contributed by atoms with Gasteiger partial charge in [0.2, 0.25) is 0 Å². The third-order valence-corrected chi connectivity index (χ3v) is 5.11. The summed E-state index contributed by atoms with van der Waals surface area (Å²) in [6.07, 6.45) is 1.93. The smallest absolute Gasteiger partial charge is 0.131 e. The first-order chi connectivity index (χ1) is 14.0. The highest BCUT2D eigenvalue weighted by Crippen LogP contribution is 2.38. The highest BCUT2D eigenvalue weighted by atomic mass is 19.1. The molecule has 0 fully saturated rings. The zero-order valence-corrected chi connectivity index (χ0v) is 18.3. The lowest BCUT2D eigenvalue weighted by Crippen LogP contribution is -2.18. The van der Waals surface area contributed by atoms with Gasteiger partial charge in [-0.2, -0.15) is 0 Å². The molecule has 0 unspecified atom stereocenters. The van der Waals surface area contributed by atoms with E-state index in [0.29, 0.717) is 17.7 Å². The van der Waals surface area contributed by atoms with Crippen LogP contribution in [0.15, 0.2) is 73.2 Å². The Balaban J connectivity index is 0.000000735. The van der Waals surface area contributed by atoms with Crippen LogP contribution in [-0.4, -0.2) is 4.57 Å². The van der Waals surface area contributed by atoms with E-state index in [0.717, 1.165) is 11.8 Å². The van der Waals surface area contributed by atoms with Crippen LogP contribution in [0.5, 0.6) is 0 Å². The molecule has 0 bridgehead atoms. The van der Waals surface area contributed by atoms with E-state index < -0.39 is 11.6 Å². The molecular formula is C26H30F3N. The summed E-state index contributed by atoms with van der Waals surface area (Å²) in [7, 11) is 0. The molecule has 4 heteroatoms. The molecule has 30 heavy (non-hydrogen) atoms. The Kier molecular flexibility index (Phi) is 7.71. The lowest BCUT2D eigenvalue weighted by molar-refractivity contribution is 0.327. The van der Waals surface area contributed by atoms with Crippen molar-refractivity contribution in [3.8, 4) is 11.1 Å². The SMILES string of the molecule is C=C(C)F.C[C@@H](c1cc(-c2cc(F)ccc2F)cn1Cc1ccccc1)C(C)(C)C. The van der Waals surface area contributed by atoms with Gasteiger partial charge in [0.1, 0.15) is 11.6 Å². The van der Waals surface area contributed by atoms with Gasteiger partial charge >= 0.3 is 0 Å². The molecule has 3 rings (SSSR count). The molecule has 0 saturated carbocycles.